The van der Waals surface area contributed by atoms with Crippen LogP contribution in [0.3, 0.4) is 0 Å². The Hall–Kier alpha value is -2.69. The second-order valence-corrected chi connectivity index (χ2v) is 6.34. The lowest BCUT2D eigenvalue weighted by Crippen LogP contribution is -2.32. The third-order valence-electron chi connectivity index (χ3n) is 4.31. The van der Waals surface area contributed by atoms with Crippen molar-refractivity contribution in [1.29, 1.82) is 0 Å². The van der Waals surface area contributed by atoms with Gasteiger partial charge in [-0.3, -0.25) is 4.79 Å². The van der Waals surface area contributed by atoms with E-state index in [0.29, 0.717) is 37.7 Å². The van der Waals surface area contributed by atoms with Crippen LogP contribution < -0.4 is 19.5 Å². The number of hydrogen-bond donors (Lipinski definition) is 1. The summed E-state index contributed by atoms with van der Waals surface area (Å²) in [5.74, 6) is 1.99. The zero-order valence-electron chi connectivity index (χ0n) is 15.5. The van der Waals surface area contributed by atoms with Crippen molar-refractivity contribution in [2.45, 2.75) is 27.2 Å². The van der Waals surface area contributed by atoms with Crippen molar-refractivity contribution >= 4 is 11.6 Å². The number of carbonyl (C=O) groups is 1. The Balaban J connectivity index is 1.73. The standard InChI is InChI=1S/C21H25NO4/c1-4-24-17-7-9-19-15(12-17)11-16(13-26-19)21(23)22-18-8-6-14(3)10-20(18)25-5-2/h6-10,12,16H,4-5,11,13H2,1-3H3,(H,22,23). The molecule has 0 fully saturated rings. The molecule has 0 aromatic heterocycles. The van der Waals surface area contributed by atoms with E-state index in [9.17, 15) is 4.79 Å². The lowest BCUT2D eigenvalue weighted by Gasteiger charge is -2.25. The molecular formula is C21H25NO4. The predicted molar refractivity (Wildman–Crippen MR) is 101 cm³/mol. The van der Waals surface area contributed by atoms with Gasteiger partial charge in [0, 0.05) is 0 Å². The molecule has 0 radical (unpaired) electrons. The predicted octanol–water partition coefficient (Wildman–Crippen LogP) is 3.98. The van der Waals surface area contributed by atoms with Crippen LogP contribution in [0.4, 0.5) is 5.69 Å². The zero-order valence-corrected chi connectivity index (χ0v) is 15.5. The summed E-state index contributed by atoms with van der Waals surface area (Å²) in [5, 5.41) is 2.99. The number of aryl methyl sites for hydroxylation is 1. The van der Waals surface area contributed by atoms with Crippen LogP contribution in [0.25, 0.3) is 0 Å². The molecule has 1 N–H and O–H groups in total. The topological polar surface area (TPSA) is 56.8 Å². The van der Waals surface area contributed by atoms with Gasteiger partial charge in [0.25, 0.3) is 0 Å². The van der Waals surface area contributed by atoms with Crippen molar-refractivity contribution in [1.82, 2.24) is 0 Å². The highest BCUT2D eigenvalue weighted by Crippen LogP contribution is 2.32. The van der Waals surface area contributed by atoms with E-state index in [1.54, 1.807) is 0 Å². The number of hydrogen-bond acceptors (Lipinski definition) is 4. The van der Waals surface area contributed by atoms with E-state index >= 15 is 0 Å². The molecule has 0 aliphatic carbocycles. The van der Waals surface area contributed by atoms with Gasteiger partial charge in [-0.15, -0.1) is 0 Å². The lowest BCUT2D eigenvalue weighted by molar-refractivity contribution is -0.121. The number of ether oxygens (including phenoxy) is 3. The molecule has 0 spiro atoms. The Labute approximate surface area is 154 Å². The van der Waals surface area contributed by atoms with Crippen molar-refractivity contribution in [3.05, 3.63) is 47.5 Å². The van der Waals surface area contributed by atoms with E-state index in [0.717, 1.165) is 22.6 Å². The van der Waals surface area contributed by atoms with Crippen LogP contribution in [0.5, 0.6) is 17.2 Å². The number of carbonyl (C=O) groups excluding carboxylic acids is 1. The highest BCUT2D eigenvalue weighted by atomic mass is 16.5. The molecule has 5 heteroatoms. The molecule has 5 nitrogen and oxygen atoms in total. The maximum absolute atomic E-state index is 12.8. The van der Waals surface area contributed by atoms with E-state index in [1.165, 1.54) is 0 Å². The molecule has 1 heterocycles. The largest absolute Gasteiger partial charge is 0.494 e. The smallest absolute Gasteiger partial charge is 0.231 e. The second kappa shape index (κ2) is 8.13. The Morgan fingerprint density at radius 3 is 2.73 bits per heavy atom. The molecule has 1 aliphatic rings. The van der Waals surface area contributed by atoms with Crippen LogP contribution >= 0.6 is 0 Å². The van der Waals surface area contributed by atoms with Crippen molar-refractivity contribution in [3.8, 4) is 17.2 Å². The molecule has 138 valence electrons. The van der Waals surface area contributed by atoms with E-state index in [-0.39, 0.29) is 11.8 Å². The number of nitrogens with one attached hydrogen (secondary N) is 1. The van der Waals surface area contributed by atoms with Gasteiger partial charge < -0.3 is 19.5 Å². The van der Waals surface area contributed by atoms with Gasteiger partial charge in [0.2, 0.25) is 5.91 Å². The molecule has 2 aromatic rings. The van der Waals surface area contributed by atoms with E-state index in [2.05, 4.69) is 5.32 Å². The fourth-order valence-corrected chi connectivity index (χ4v) is 3.04. The van der Waals surface area contributed by atoms with Gasteiger partial charge in [0.1, 0.15) is 23.9 Å². The average molecular weight is 355 g/mol. The number of rotatable bonds is 6. The maximum Gasteiger partial charge on any atom is 0.231 e. The van der Waals surface area contributed by atoms with Crippen molar-refractivity contribution in [2.75, 3.05) is 25.1 Å². The summed E-state index contributed by atoms with van der Waals surface area (Å²) in [4.78, 5) is 12.8. The first-order valence-corrected chi connectivity index (χ1v) is 9.03. The van der Waals surface area contributed by atoms with Gasteiger partial charge >= 0.3 is 0 Å². The average Bonchev–Trinajstić information content (AvgIpc) is 2.64. The highest BCUT2D eigenvalue weighted by molar-refractivity contribution is 5.94. The van der Waals surface area contributed by atoms with E-state index in [1.807, 2.05) is 57.2 Å². The van der Waals surface area contributed by atoms with Gasteiger partial charge in [-0.05, 0) is 68.7 Å². The highest BCUT2D eigenvalue weighted by Gasteiger charge is 2.27. The quantitative estimate of drug-likeness (QED) is 0.851. The van der Waals surface area contributed by atoms with Gasteiger partial charge in [-0.1, -0.05) is 6.07 Å². The molecule has 0 saturated heterocycles. The fourth-order valence-electron chi connectivity index (χ4n) is 3.04. The summed E-state index contributed by atoms with van der Waals surface area (Å²) in [6, 6.07) is 11.5. The summed E-state index contributed by atoms with van der Waals surface area (Å²) in [6.07, 6.45) is 0.623. The molecular weight excluding hydrogens is 330 g/mol. The summed E-state index contributed by atoms with van der Waals surface area (Å²) >= 11 is 0. The molecule has 3 rings (SSSR count). The minimum absolute atomic E-state index is 0.0673. The third kappa shape index (κ3) is 4.10. The molecule has 26 heavy (non-hydrogen) atoms. The summed E-state index contributed by atoms with van der Waals surface area (Å²) < 4.78 is 17.0. The van der Waals surface area contributed by atoms with Crippen LogP contribution in [0, 0.1) is 12.8 Å². The molecule has 2 aromatic carbocycles. The van der Waals surface area contributed by atoms with Crippen molar-refractivity contribution < 1.29 is 19.0 Å². The number of benzene rings is 2. The normalized spacial score (nSPS) is 15.6. The summed E-state index contributed by atoms with van der Waals surface area (Å²) in [6.45, 7) is 7.39. The maximum atomic E-state index is 12.8. The van der Waals surface area contributed by atoms with Gasteiger partial charge in [-0.25, -0.2) is 0 Å². The Morgan fingerprint density at radius 2 is 1.96 bits per heavy atom. The van der Waals surface area contributed by atoms with Gasteiger partial charge in [-0.2, -0.15) is 0 Å². The molecule has 1 atom stereocenters. The van der Waals surface area contributed by atoms with Crippen LogP contribution in [-0.4, -0.2) is 25.7 Å². The molecule has 0 saturated carbocycles. The summed E-state index contributed by atoms with van der Waals surface area (Å²) in [5.41, 5.74) is 2.78. The first-order chi connectivity index (χ1) is 12.6. The molecule has 1 amide bonds. The van der Waals surface area contributed by atoms with Crippen LogP contribution in [0.15, 0.2) is 36.4 Å². The minimum atomic E-state index is -0.254. The van der Waals surface area contributed by atoms with Gasteiger partial charge in [0.05, 0.1) is 24.8 Å². The van der Waals surface area contributed by atoms with Crippen LogP contribution in [0.2, 0.25) is 0 Å². The van der Waals surface area contributed by atoms with Crippen LogP contribution in [-0.2, 0) is 11.2 Å². The zero-order chi connectivity index (χ0) is 18.5. The van der Waals surface area contributed by atoms with E-state index < -0.39 is 0 Å². The van der Waals surface area contributed by atoms with E-state index in [4.69, 9.17) is 14.2 Å². The van der Waals surface area contributed by atoms with Gasteiger partial charge in [0.15, 0.2) is 0 Å². The Kier molecular flexibility index (Phi) is 5.66. The van der Waals surface area contributed by atoms with Crippen molar-refractivity contribution in [3.63, 3.8) is 0 Å². The number of fused-ring (bicyclic) bond motifs is 1. The summed E-state index contributed by atoms with van der Waals surface area (Å²) in [7, 11) is 0. The number of anilines is 1. The lowest BCUT2D eigenvalue weighted by atomic mass is 9.95. The first kappa shape index (κ1) is 18.1. The van der Waals surface area contributed by atoms with Crippen molar-refractivity contribution in [2.24, 2.45) is 5.92 Å². The Morgan fingerprint density at radius 1 is 1.15 bits per heavy atom. The molecule has 1 aliphatic heterocycles. The molecule has 1 unspecified atom stereocenters. The molecule has 0 bridgehead atoms. The SMILES string of the molecule is CCOc1ccc2c(c1)CC(C(=O)Nc1ccc(C)cc1OCC)CO2. The minimum Gasteiger partial charge on any atom is -0.494 e. The first-order valence-electron chi connectivity index (χ1n) is 9.03. The number of amides is 1. The Bertz CT molecular complexity index is 788. The monoisotopic (exact) mass is 355 g/mol. The fraction of sp³-hybridized carbons (Fsp3) is 0.381. The van der Waals surface area contributed by atoms with Crippen LogP contribution in [0.1, 0.15) is 25.0 Å². The second-order valence-electron chi connectivity index (χ2n) is 6.34. The third-order valence-corrected chi connectivity index (χ3v) is 4.31.